The van der Waals surface area contributed by atoms with Gasteiger partial charge in [-0.25, -0.2) is 13.6 Å². The van der Waals surface area contributed by atoms with Gasteiger partial charge in [-0.15, -0.1) is 0 Å². The van der Waals surface area contributed by atoms with Gasteiger partial charge in [-0.1, -0.05) is 0 Å². The third kappa shape index (κ3) is 1.57. The SMILES string of the molecule is NS(=O)(=O)c1ccc2[nH]c(=S)oc2c1. The molecule has 3 N–H and O–H groups in total. The average molecular weight is 230 g/mol. The molecule has 0 bridgehead atoms. The third-order valence-corrected chi connectivity index (χ3v) is 2.82. The van der Waals surface area contributed by atoms with Crippen LogP contribution < -0.4 is 5.14 Å². The van der Waals surface area contributed by atoms with E-state index in [1.54, 1.807) is 6.07 Å². The number of rotatable bonds is 1. The summed E-state index contributed by atoms with van der Waals surface area (Å²) in [5, 5.41) is 4.95. The van der Waals surface area contributed by atoms with Crippen LogP contribution in [-0.2, 0) is 10.0 Å². The molecule has 0 saturated carbocycles. The normalized spacial score (nSPS) is 12.1. The molecule has 0 saturated heterocycles. The van der Waals surface area contributed by atoms with Crippen LogP contribution in [0, 0.1) is 4.84 Å². The van der Waals surface area contributed by atoms with E-state index >= 15 is 0 Å². The first-order valence-corrected chi connectivity index (χ1v) is 5.58. The van der Waals surface area contributed by atoms with Gasteiger partial charge < -0.3 is 9.40 Å². The Balaban J connectivity index is 2.80. The first-order chi connectivity index (χ1) is 6.47. The van der Waals surface area contributed by atoms with Crippen molar-refractivity contribution in [3.63, 3.8) is 0 Å². The van der Waals surface area contributed by atoms with Crippen LogP contribution in [0.5, 0.6) is 0 Å². The molecule has 0 fully saturated rings. The molecule has 5 nitrogen and oxygen atoms in total. The van der Waals surface area contributed by atoms with Crippen LogP contribution in [-0.4, -0.2) is 13.4 Å². The Morgan fingerprint density at radius 3 is 2.79 bits per heavy atom. The predicted octanol–water partition coefficient (Wildman–Crippen LogP) is 1.14. The Morgan fingerprint density at radius 2 is 2.14 bits per heavy atom. The maximum Gasteiger partial charge on any atom is 0.266 e. The van der Waals surface area contributed by atoms with Crippen molar-refractivity contribution in [2.24, 2.45) is 5.14 Å². The highest BCUT2D eigenvalue weighted by atomic mass is 32.2. The summed E-state index contributed by atoms with van der Waals surface area (Å²) in [6.07, 6.45) is 0. The number of nitrogens with two attached hydrogens (primary N) is 1. The van der Waals surface area contributed by atoms with Gasteiger partial charge in [0.2, 0.25) is 10.0 Å². The minimum absolute atomic E-state index is 0.00255. The van der Waals surface area contributed by atoms with Crippen molar-refractivity contribution >= 4 is 33.3 Å². The minimum Gasteiger partial charge on any atom is -0.429 e. The van der Waals surface area contributed by atoms with Gasteiger partial charge in [0.15, 0.2) is 5.58 Å². The fraction of sp³-hybridized carbons (Fsp3) is 0. The molecule has 1 heterocycles. The number of primary sulfonamides is 1. The molecule has 0 radical (unpaired) electrons. The Labute approximate surface area is 84.6 Å². The second-order valence-electron chi connectivity index (χ2n) is 2.72. The molecule has 0 aliphatic heterocycles. The lowest BCUT2D eigenvalue weighted by molar-refractivity contribution is 0.580. The molecule has 0 aliphatic carbocycles. The summed E-state index contributed by atoms with van der Waals surface area (Å²) in [6, 6.07) is 4.27. The molecule has 7 heteroatoms. The molecule has 1 aromatic carbocycles. The number of aromatic nitrogens is 1. The Kier molecular flexibility index (Phi) is 1.95. The van der Waals surface area contributed by atoms with Crippen LogP contribution in [0.4, 0.5) is 0 Å². The van der Waals surface area contributed by atoms with Crippen LogP contribution in [0.3, 0.4) is 0 Å². The summed E-state index contributed by atoms with van der Waals surface area (Å²) >= 11 is 4.75. The number of benzene rings is 1. The number of H-pyrrole nitrogens is 1. The fourth-order valence-corrected chi connectivity index (χ4v) is 1.83. The van der Waals surface area contributed by atoms with E-state index in [1.165, 1.54) is 12.1 Å². The van der Waals surface area contributed by atoms with E-state index < -0.39 is 10.0 Å². The van der Waals surface area contributed by atoms with E-state index in [0.717, 1.165) is 0 Å². The largest absolute Gasteiger partial charge is 0.429 e. The number of fused-ring (bicyclic) bond motifs is 1. The second kappa shape index (κ2) is 2.91. The van der Waals surface area contributed by atoms with Gasteiger partial charge in [0, 0.05) is 6.07 Å². The highest BCUT2D eigenvalue weighted by molar-refractivity contribution is 7.89. The molecule has 2 aromatic rings. The number of aromatic amines is 1. The van der Waals surface area contributed by atoms with E-state index in [9.17, 15) is 8.42 Å². The number of hydrogen-bond acceptors (Lipinski definition) is 4. The second-order valence-corrected chi connectivity index (χ2v) is 4.65. The van der Waals surface area contributed by atoms with Gasteiger partial charge >= 0.3 is 0 Å². The van der Waals surface area contributed by atoms with Crippen LogP contribution >= 0.6 is 12.2 Å². The molecule has 1 aromatic heterocycles. The Morgan fingerprint density at radius 1 is 1.43 bits per heavy atom. The zero-order valence-electron chi connectivity index (χ0n) is 6.85. The van der Waals surface area contributed by atoms with E-state index in [2.05, 4.69) is 4.98 Å². The third-order valence-electron chi connectivity index (χ3n) is 1.72. The fourth-order valence-electron chi connectivity index (χ4n) is 1.10. The highest BCUT2D eigenvalue weighted by Gasteiger charge is 2.09. The molecular weight excluding hydrogens is 224 g/mol. The summed E-state index contributed by atoms with van der Waals surface area (Å²) in [5.41, 5.74) is 1.02. The molecule has 0 aliphatic rings. The van der Waals surface area contributed by atoms with Crippen molar-refractivity contribution in [2.75, 3.05) is 0 Å². The summed E-state index contributed by atoms with van der Waals surface area (Å²) in [4.78, 5) is 2.95. The first kappa shape index (κ1) is 9.38. The van der Waals surface area contributed by atoms with E-state index in [-0.39, 0.29) is 9.73 Å². The Hall–Kier alpha value is -1.18. The van der Waals surface area contributed by atoms with Crippen molar-refractivity contribution < 1.29 is 12.8 Å². The van der Waals surface area contributed by atoms with Crippen molar-refractivity contribution in [2.45, 2.75) is 4.90 Å². The van der Waals surface area contributed by atoms with Crippen molar-refractivity contribution in [3.8, 4) is 0 Å². The average Bonchev–Trinajstić information content (AvgIpc) is 2.41. The van der Waals surface area contributed by atoms with E-state index in [4.69, 9.17) is 21.8 Å². The molecular formula is C7H6N2O3S2. The maximum absolute atomic E-state index is 11.0. The smallest absolute Gasteiger partial charge is 0.266 e. The molecule has 0 amide bonds. The minimum atomic E-state index is -3.69. The highest BCUT2D eigenvalue weighted by Crippen LogP contribution is 2.17. The van der Waals surface area contributed by atoms with E-state index in [1.807, 2.05) is 0 Å². The number of nitrogens with one attached hydrogen (secondary N) is 1. The lowest BCUT2D eigenvalue weighted by Gasteiger charge is -1.95. The quantitative estimate of drug-likeness (QED) is 0.719. The zero-order chi connectivity index (χ0) is 10.3. The first-order valence-electron chi connectivity index (χ1n) is 3.62. The maximum atomic E-state index is 11.0. The van der Waals surface area contributed by atoms with Crippen LogP contribution in [0.15, 0.2) is 27.5 Å². The van der Waals surface area contributed by atoms with Gasteiger partial charge in [-0.2, -0.15) is 0 Å². The van der Waals surface area contributed by atoms with Gasteiger partial charge in [0.05, 0.1) is 10.4 Å². The summed E-state index contributed by atoms with van der Waals surface area (Å²) in [5.74, 6) is 0. The van der Waals surface area contributed by atoms with Crippen LogP contribution in [0.2, 0.25) is 0 Å². The van der Waals surface area contributed by atoms with Crippen molar-refractivity contribution in [1.82, 2.24) is 4.98 Å². The number of sulfonamides is 1. The molecule has 2 rings (SSSR count). The van der Waals surface area contributed by atoms with Crippen molar-refractivity contribution in [3.05, 3.63) is 23.0 Å². The number of oxazole rings is 1. The van der Waals surface area contributed by atoms with Gasteiger partial charge in [-0.3, -0.25) is 0 Å². The van der Waals surface area contributed by atoms with E-state index in [0.29, 0.717) is 11.1 Å². The molecule has 74 valence electrons. The van der Waals surface area contributed by atoms with Crippen LogP contribution in [0.25, 0.3) is 11.1 Å². The van der Waals surface area contributed by atoms with Gasteiger partial charge in [0.25, 0.3) is 4.84 Å². The van der Waals surface area contributed by atoms with Crippen molar-refractivity contribution in [1.29, 1.82) is 0 Å². The van der Waals surface area contributed by atoms with Gasteiger partial charge in [0.1, 0.15) is 0 Å². The Bertz CT molecular complexity index is 638. The monoisotopic (exact) mass is 230 g/mol. The number of hydrogen-bond donors (Lipinski definition) is 2. The molecule has 0 atom stereocenters. The zero-order valence-corrected chi connectivity index (χ0v) is 8.48. The van der Waals surface area contributed by atoms with Crippen LogP contribution in [0.1, 0.15) is 0 Å². The summed E-state index contributed by atoms with van der Waals surface area (Å²) in [6.45, 7) is 0. The lowest BCUT2D eigenvalue weighted by Crippen LogP contribution is -2.11. The van der Waals surface area contributed by atoms with Gasteiger partial charge in [-0.05, 0) is 24.4 Å². The standard InChI is InChI=1S/C7H6N2O3S2/c8-14(10,11)4-1-2-5-6(3-4)12-7(13)9-5/h1-3H,(H,9,13)(H2,8,10,11). The predicted molar refractivity (Wildman–Crippen MR) is 52.8 cm³/mol. The summed E-state index contributed by atoms with van der Waals surface area (Å²) in [7, 11) is -3.69. The molecule has 0 unspecified atom stereocenters. The molecule has 14 heavy (non-hydrogen) atoms. The topological polar surface area (TPSA) is 89.1 Å². The lowest BCUT2D eigenvalue weighted by atomic mass is 10.3. The summed E-state index contributed by atoms with van der Waals surface area (Å²) < 4.78 is 27.0. The molecule has 0 spiro atoms.